The molecule has 1 atom stereocenters. The van der Waals surface area contributed by atoms with Crippen LogP contribution in [0.4, 0.5) is 5.69 Å². The second-order valence-corrected chi connectivity index (χ2v) is 5.74. The Morgan fingerprint density at radius 2 is 2.19 bits per heavy atom. The molecule has 1 aliphatic rings. The monoisotopic (exact) mass is 350 g/mol. The van der Waals surface area contributed by atoms with E-state index in [-0.39, 0.29) is 0 Å². The number of anilines is 1. The van der Waals surface area contributed by atoms with E-state index < -0.39 is 0 Å². The molecule has 0 spiro atoms. The minimum Gasteiger partial charge on any atom is -0.381 e. The van der Waals surface area contributed by atoms with Crippen molar-refractivity contribution < 1.29 is 0 Å². The number of benzene rings is 1. The molecule has 0 saturated carbocycles. The Kier molecular flexibility index (Phi) is 4.73. The van der Waals surface area contributed by atoms with Gasteiger partial charge in [-0.25, -0.2) is 0 Å². The Morgan fingerprint density at radius 1 is 1.31 bits per heavy atom. The molecule has 0 aromatic heterocycles. The lowest BCUT2D eigenvalue weighted by atomic mass is 10.1. The Morgan fingerprint density at radius 3 is 3.00 bits per heavy atom. The molecular weight excluding hydrogens is 335 g/mol. The summed E-state index contributed by atoms with van der Waals surface area (Å²) in [4.78, 5) is 0. The summed E-state index contributed by atoms with van der Waals surface area (Å²) in [5.74, 6) is 0. The largest absolute Gasteiger partial charge is 0.381 e. The van der Waals surface area contributed by atoms with Crippen molar-refractivity contribution in [2.75, 3.05) is 18.4 Å². The van der Waals surface area contributed by atoms with Crippen LogP contribution in [0.25, 0.3) is 0 Å². The normalized spacial score (nSPS) is 21.5. The summed E-state index contributed by atoms with van der Waals surface area (Å²) in [6, 6.07) is 6.60. The van der Waals surface area contributed by atoms with Gasteiger partial charge in [-0.3, -0.25) is 0 Å². The molecular formula is C12H16ClIN2. The molecule has 4 heteroatoms. The second kappa shape index (κ2) is 6.07. The van der Waals surface area contributed by atoms with Crippen LogP contribution in [0, 0.1) is 3.57 Å². The molecule has 1 aliphatic heterocycles. The molecule has 2 rings (SSSR count). The predicted octanol–water partition coefficient (Wildman–Crippen LogP) is 3.50. The van der Waals surface area contributed by atoms with E-state index in [1.165, 1.54) is 28.5 Å². The van der Waals surface area contributed by atoms with E-state index in [0.29, 0.717) is 6.04 Å². The van der Waals surface area contributed by atoms with E-state index in [1.807, 2.05) is 12.1 Å². The van der Waals surface area contributed by atoms with Crippen molar-refractivity contribution in [1.29, 1.82) is 0 Å². The molecule has 0 aliphatic carbocycles. The summed E-state index contributed by atoms with van der Waals surface area (Å²) in [6.45, 7) is 2.26. The van der Waals surface area contributed by atoms with Gasteiger partial charge < -0.3 is 10.6 Å². The van der Waals surface area contributed by atoms with Crippen LogP contribution >= 0.6 is 34.2 Å². The minimum absolute atomic E-state index is 0.588. The van der Waals surface area contributed by atoms with E-state index in [0.717, 1.165) is 18.1 Å². The molecule has 88 valence electrons. The summed E-state index contributed by atoms with van der Waals surface area (Å²) in [5, 5.41) is 7.84. The fourth-order valence-corrected chi connectivity index (χ4v) is 3.02. The van der Waals surface area contributed by atoms with Gasteiger partial charge in [0.15, 0.2) is 0 Å². The molecule has 1 unspecified atom stereocenters. The Balaban J connectivity index is 2.01. The fraction of sp³-hybridized carbons (Fsp3) is 0.500. The molecule has 0 bridgehead atoms. The highest BCUT2D eigenvalue weighted by atomic mass is 127. The lowest BCUT2D eigenvalue weighted by molar-refractivity contribution is 0.637. The zero-order valence-corrected chi connectivity index (χ0v) is 12.0. The first kappa shape index (κ1) is 12.5. The van der Waals surface area contributed by atoms with Gasteiger partial charge in [-0.05, 0) is 73.1 Å². The standard InChI is InChI=1S/C12H16ClIN2/c13-9-3-4-12(11(14)8-9)16-10-2-1-6-15-7-5-10/h3-4,8,10,15-16H,1-2,5-7H2. The molecule has 2 N–H and O–H groups in total. The van der Waals surface area contributed by atoms with E-state index in [4.69, 9.17) is 11.6 Å². The van der Waals surface area contributed by atoms with Gasteiger partial charge in [0.1, 0.15) is 0 Å². The lowest BCUT2D eigenvalue weighted by Crippen LogP contribution is -2.21. The van der Waals surface area contributed by atoms with Gasteiger partial charge in [0.05, 0.1) is 0 Å². The molecule has 1 fully saturated rings. The zero-order valence-electron chi connectivity index (χ0n) is 9.10. The highest BCUT2D eigenvalue weighted by molar-refractivity contribution is 14.1. The van der Waals surface area contributed by atoms with Crippen LogP contribution in [0.3, 0.4) is 0 Å². The number of hydrogen-bond donors (Lipinski definition) is 2. The Bertz CT molecular complexity index is 349. The van der Waals surface area contributed by atoms with E-state index in [2.05, 4.69) is 39.3 Å². The summed E-state index contributed by atoms with van der Waals surface area (Å²) >= 11 is 8.27. The van der Waals surface area contributed by atoms with E-state index >= 15 is 0 Å². The number of hydrogen-bond acceptors (Lipinski definition) is 2. The predicted molar refractivity (Wildman–Crippen MR) is 78.3 cm³/mol. The van der Waals surface area contributed by atoms with Gasteiger partial charge in [-0.15, -0.1) is 0 Å². The SMILES string of the molecule is Clc1ccc(NC2CCCNCC2)c(I)c1. The highest BCUT2D eigenvalue weighted by Crippen LogP contribution is 2.24. The maximum atomic E-state index is 5.94. The molecule has 2 nitrogen and oxygen atoms in total. The first-order valence-corrected chi connectivity index (χ1v) is 7.13. The third-order valence-electron chi connectivity index (χ3n) is 2.87. The molecule has 1 aromatic rings. The third-order valence-corrected chi connectivity index (χ3v) is 3.99. The molecule has 16 heavy (non-hydrogen) atoms. The van der Waals surface area contributed by atoms with Gasteiger partial charge in [0.2, 0.25) is 0 Å². The van der Waals surface area contributed by atoms with Crippen LogP contribution in [0.1, 0.15) is 19.3 Å². The van der Waals surface area contributed by atoms with Crippen molar-refractivity contribution in [3.05, 3.63) is 26.8 Å². The third kappa shape index (κ3) is 3.50. The van der Waals surface area contributed by atoms with Gasteiger partial charge in [0, 0.05) is 20.3 Å². The van der Waals surface area contributed by atoms with Crippen molar-refractivity contribution in [3.8, 4) is 0 Å². The van der Waals surface area contributed by atoms with Crippen molar-refractivity contribution in [2.24, 2.45) is 0 Å². The fourth-order valence-electron chi connectivity index (χ4n) is 1.99. The minimum atomic E-state index is 0.588. The van der Waals surface area contributed by atoms with E-state index in [9.17, 15) is 0 Å². The second-order valence-electron chi connectivity index (χ2n) is 4.15. The molecule has 1 saturated heterocycles. The van der Waals surface area contributed by atoms with Crippen LogP contribution in [-0.4, -0.2) is 19.1 Å². The van der Waals surface area contributed by atoms with Crippen LogP contribution in [0.2, 0.25) is 5.02 Å². The van der Waals surface area contributed by atoms with Crippen LogP contribution in [-0.2, 0) is 0 Å². The molecule has 1 aromatic carbocycles. The first-order valence-electron chi connectivity index (χ1n) is 5.68. The smallest absolute Gasteiger partial charge is 0.0479 e. The van der Waals surface area contributed by atoms with Crippen LogP contribution in [0.5, 0.6) is 0 Å². The van der Waals surface area contributed by atoms with Gasteiger partial charge in [-0.2, -0.15) is 0 Å². The number of halogens is 2. The Hall–Kier alpha value is -0.000000000000000111. The van der Waals surface area contributed by atoms with Gasteiger partial charge in [0.25, 0.3) is 0 Å². The molecule has 0 radical (unpaired) electrons. The highest BCUT2D eigenvalue weighted by Gasteiger charge is 2.12. The first-order chi connectivity index (χ1) is 7.75. The summed E-state index contributed by atoms with van der Waals surface area (Å²) in [5.41, 5.74) is 1.21. The summed E-state index contributed by atoms with van der Waals surface area (Å²) < 4.78 is 1.20. The average Bonchev–Trinajstić information content (AvgIpc) is 2.51. The van der Waals surface area contributed by atoms with E-state index in [1.54, 1.807) is 0 Å². The van der Waals surface area contributed by atoms with Crippen LogP contribution in [0.15, 0.2) is 18.2 Å². The van der Waals surface area contributed by atoms with Crippen molar-refractivity contribution in [2.45, 2.75) is 25.3 Å². The maximum absolute atomic E-state index is 5.94. The van der Waals surface area contributed by atoms with Crippen LogP contribution < -0.4 is 10.6 Å². The molecule has 1 heterocycles. The lowest BCUT2D eigenvalue weighted by Gasteiger charge is -2.18. The zero-order chi connectivity index (χ0) is 11.4. The van der Waals surface area contributed by atoms with Crippen molar-refractivity contribution >= 4 is 39.9 Å². The molecule has 0 amide bonds. The topological polar surface area (TPSA) is 24.1 Å². The Labute approximate surface area is 115 Å². The van der Waals surface area contributed by atoms with Gasteiger partial charge in [-0.1, -0.05) is 11.6 Å². The van der Waals surface area contributed by atoms with Crippen molar-refractivity contribution in [1.82, 2.24) is 5.32 Å². The summed E-state index contributed by atoms with van der Waals surface area (Å²) in [6.07, 6.45) is 3.69. The number of nitrogens with one attached hydrogen (secondary N) is 2. The summed E-state index contributed by atoms with van der Waals surface area (Å²) in [7, 11) is 0. The average molecular weight is 351 g/mol. The quantitative estimate of drug-likeness (QED) is 0.798. The van der Waals surface area contributed by atoms with Crippen molar-refractivity contribution in [3.63, 3.8) is 0 Å². The maximum Gasteiger partial charge on any atom is 0.0479 e. The number of rotatable bonds is 2. The van der Waals surface area contributed by atoms with Gasteiger partial charge >= 0.3 is 0 Å².